The van der Waals surface area contributed by atoms with Gasteiger partial charge in [-0.3, -0.25) is 4.79 Å². The normalized spacial score (nSPS) is 15.1. The Morgan fingerprint density at radius 1 is 1.33 bits per heavy atom. The van der Waals surface area contributed by atoms with Gasteiger partial charge in [0.1, 0.15) is 5.82 Å². The fourth-order valence-corrected chi connectivity index (χ4v) is 2.68. The van der Waals surface area contributed by atoms with Crippen LogP contribution >= 0.6 is 0 Å². The number of nitrogens with two attached hydrogens (primary N) is 1. The maximum atomic E-state index is 11.7. The molecule has 3 rings (SSSR count). The number of nitrogens with zero attached hydrogens (tertiary/aromatic N) is 3. The molecule has 0 spiro atoms. The molecule has 1 aliphatic heterocycles. The van der Waals surface area contributed by atoms with E-state index in [2.05, 4.69) is 10.4 Å². The van der Waals surface area contributed by atoms with Crippen LogP contribution in [0.25, 0.3) is 5.69 Å². The zero-order chi connectivity index (χ0) is 14.8. The van der Waals surface area contributed by atoms with Crippen LogP contribution in [0.15, 0.2) is 30.3 Å². The predicted molar refractivity (Wildman–Crippen MR) is 81.4 cm³/mol. The number of aryl methyl sites for hydroxylation is 1. The summed E-state index contributed by atoms with van der Waals surface area (Å²) in [6.45, 7) is 4.10. The Kier molecular flexibility index (Phi) is 3.62. The molecular formula is C15H19N5O. The van der Waals surface area contributed by atoms with E-state index in [1.807, 2.05) is 46.8 Å². The van der Waals surface area contributed by atoms with Crippen molar-refractivity contribution in [3.8, 4) is 5.69 Å². The molecule has 0 radical (unpaired) electrons. The van der Waals surface area contributed by atoms with Crippen LogP contribution in [0.3, 0.4) is 0 Å². The number of carbonyl (C=O) groups excluding carboxylic acids is 1. The van der Waals surface area contributed by atoms with Crippen LogP contribution in [-0.4, -0.2) is 35.3 Å². The number of hydrogen-bond acceptors (Lipinski definition) is 4. The monoisotopic (exact) mass is 285 g/mol. The average molecular weight is 285 g/mol. The molecule has 0 atom stereocenters. The van der Waals surface area contributed by atoms with Crippen molar-refractivity contribution in [3.63, 3.8) is 0 Å². The first-order valence-corrected chi connectivity index (χ1v) is 7.06. The highest BCUT2D eigenvalue weighted by atomic mass is 16.2. The Bertz CT molecular complexity index is 650. The van der Waals surface area contributed by atoms with Gasteiger partial charge in [-0.2, -0.15) is 5.10 Å². The summed E-state index contributed by atoms with van der Waals surface area (Å²) in [7, 11) is 0. The van der Waals surface area contributed by atoms with Gasteiger partial charge >= 0.3 is 0 Å². The Labute approximate surface area is 123 Å². The van der Waals surface area contributed by atoms with Gasteiger partial charge in [0.25, 0.3) is 0 Å². The van der Waals surface area contributed by atoms with Crippen molar-refractivity contribution in [1.82, 2.24) is 15.1 Å². The molecule has 0 aliphatic carbocycles. The van der Waals surface area contributed by atoms with E-state index in [-0.39, 0.29) is 5.91 Å². The van der Waals surface area contributed by atoms with Crippen molar-refractivity contribution in [3.05, 3.63) is 41.6 Å². The summed E-state index contributed by atoms with van der Waals surface area (Å²) in [6, 6.07) is 9.92. The van der Waals surface area contributed by atoms with E-state index >= 15 is 0 Å². The van der Waals surface area contributed by atoms with Crippen LogP contribution < -0.4 is 16.0 Å². The van der Waals surface area contributed by atoms with Crippen molar-refractivity contribution in [2.24, 2.45) is 5.73 Å². The first-order chi connectivity index (χ1) is 10.2. The van der Waals surface area contributed by atoms with Gasteiger partial charge in [-0.25, -0.2) is 4.68 Å². The lowest BCUT2D eigenvalue weighted by atomic mass is 10.2. The van der Waals surface area contributed by atoms with E-state index < -0.39 is 0 Å². The zero-order valence-electron chi connectivity index (χ0n) is 12.0. The summed E-state index contributed by atoms with van der Waals surface area (Å²) in [5.41, 5.74) is 8.78. The number of para-hydroxylation sites is 1. The van der Waals surface area contributed by atoms with Gasteiger partial charge in [0.05, 0.1) is 17.9 Å². The zero-order valence-corrected chi connectivity index (χ0v) is 12.0. The number of nitrogens with one attached hydrogen (secondary N) is 1. The molecule has 1 fully saturated rings. The molecule has 21 heavy (non-hydrogen) atoms. The van der Waals surface area contributed by atoms with Gasteiger partial charge in [-0.15, -0.1) is 0 Å². The van der Waals surface area contributed by atoms with Gasteiger partial charge in [0.15, 0.2) is 0 Å². The second-order valence-corrected chi connectivity index (χ2v) is 5.11. The van der Waals surface area contributed by atoms with Gasteiger partial charge in [-0.05, 0) is 19.1 Å². The third kappa shape index (κ3) is 2.50. The summed E-state index contributed by atoms with van der Waals surface area (Å²) in [5, 5.41) is 7.46. The number of anilines is 1. The number of hydrogen-bond donors (Lipinski definition) is 2. The first kappa shape index (κ1) is 13.6. The van der Waals surface area contributed by atoms with Crippen LogP contribution in [-0.2, 0) is 11.3 Å². The Morgan fingerprint density at radius 2 is 2.10 bits per heavy atom. The van der Waals surface area contributed by atoms with Gasteiger partial charge in [0.2, 0.25) is 5.91 Å². The van der Waals surface area contributed by atoms with Crippen molar-refractivity contribution in [2.75, 3.05) is 24.5 Å². The summed E-state index contributed by atoms with van der Waals surface area (Å²) in [4.78, 5) is 13.7. The van der Waals surface area contributed by atoms with E-state index in [1.54, 1.807) is 0 Å². The second-order valence-electron chi connectivity index (χ2n) is 5.11. The third-order valence-corrected chi connectivity index (χ3v) is 3.70. The third-order valence-electron chi connectivity index (χ3n) is 3.70. The van der Waals surface area contributed by atoms with Crippen LogP contribution in [0.5, 0.6) is 0 Å². The summed E-state index contributed by atoms with van der Waals surface area (Å²) in [5.74, 6) is 0.957. The fraction of sp³-hybridized carbons (Fsp3) is 0.333. The number of benzene rings is 1. The first-order valence-electron chi connectivity index (χ1n) is 7.06. The van der Waals surface area contributed by atoms with Crippen LogP contribution in [0.2, 0.25) is 0 Å². The highest BCUT2D eigenvalue weighted by molar-refractivity contribution is 5.82. The molecule has 6 nitrogen and oxygen atoms in total. The molecule has 2 heterocycles. The molecule has 110 valence electrons. The van der Waals surface area contributed by atoms with Gasteiger partial charge < -0.3 is 16.0 Å². The Morgan fingerprint density at radius 3 is 2.76 bits per heavy atom. The van der Waals surface area contributed by atoms with Crippen LogP contribution in [0.1, 0.15) is 11.3 Å². The van der Waals surface area contributed by atoms with Crippen molar-refractivity contribution in [2.45, 2.75) is 13.5 Å². The number of rotatable bonds is 3. The van der Waals surface area contributed by atoms with E-state index in [0.29, 0.717) is 19.6 Å². The largest absolute Gasteiger partial charge is 0.353 e. The standard InChI is InChI=1S/C15H19N5O/c1-11-13(9-16)15(19-8-7-17-14(21)10-19)20(18-11)12-5-3-2-4-6-12/h2-6H,7-10,16H2,1H3,(H,17,21). The maximum absolute atomic E-state index is 11.7. The lowest BCUT2D eigenvalue weighted by Crippen LogP contribution is -2.48. The Balaban J connectivity index is 2.10. The molecule has 1 aromatic heterocycles. The highest BCUT2D eigenvalue weighted by Gasteiger charge is 2.25. The molecule has 0 bridgehead atoms. The molecule has 2 aromatic rings. The molecule has 0 unspecified atom stereocenters. The van der Waals surface area contributed by atoms with Gasteiger partial charge in [-0.1, -0.05) is 18.2 Å². The maximum Gasteiger partial charge on any atom is 0.239 e. The van der Waals surface area contributed by atoms with E-state index in [0.717, 1.165) is 29.3 Å². The molecule has 1 amide bonds. The molecule has 1 saturated heterocycles. The number of piperazine rings is 1. The minimum atomic E-state index is 0.0303. The number of carbonyl (C=O) groups is 1. The van der Waals surface area contributed by atoms with E-state index in [9.17, 15) is 4.79 Å². The Hall–Kier alpha value is -2.34. The van der Waals surface area contributed by atoms with Gasteiger partial charge in [0, 0.05) is 25.2 Å². The second kappa shape index (κ2) is 5.57. The number of amides is 1. The van der Waals surface area contributed by atoms with Crippen LogP contribution in [0.4, 0.5) is 5.82 Å². The predicted octanol–water partition coefficient (Wildman–Crippen LogP) is 0.576. The lowest BCUT2D eigenvalue weighted by molar-refractivity contribution is -0.120. The fourth-order valence-electron chi connectivity index (χ4n) is 2.68. The minimum absolute atomic E-state index is 0.0303. The highest BCUT2D eigenvalue weighted by Crippen LogP contribution is 2.27. The lowest BCUT2D eigenvalue weighted by Gasteiger charge is -2.29. The number of aromatic nitrogens is 2. The molecule has 6 heteroatoms. The SMILES string of the molecule is Cc1nn(-c2ccccc2)c(N2CCNC(=O)C2)c1CN. The summed E-state index contributed by atoms with van der Waals surface area (Å²) < 4.78 is 1.89. The molecule has 0 saturated carbocycles. The van der Waals surface area contributed by atoms with E-state index in [1.165, 1.54) is 0 Å². The molecule has 1 aromatic carbocycles. The topological polar surface area (TPSA) is 76.2 Å². The summed E-state index contributed by atoms with van der Waals surface area (Å²) >= 11 is 0. The quantitative estimate of drug-likeness (QED) is 0.865. The average Bonchev–Trinajstić information content (AvgIpc) is 2.85. The van der Waals surface area contributed by atoms with Crippen LogP contribution in [0, 0.1) is 6.92 Å². The molecule has 1 aliphatic rings. The smallest absolute Gasteiger partial charge is 0.239 e. The van der Waals surface area contributed by atoms with Crippen molar-refractivity contribution in [1.29, 1.82) is 0 Å². The molecular weight excluding hydrogens is 266 g/mol. The van der Waals surface area contributed by atoms with Crippen molar-refractivity contribution < 1.29 is 4.79 Å². The minimum Gasteiger partial charge on any atom is -0.353 e. The van der Waals surface area contributed by atoms with Crippen molar-refractivity contribution >= 4 is 11.7 Å². The molecule has 3 N–H and O–H groups in total. The summed E-state index contributed by atoms with van der Waals surface area (Å²) in [6.07, 6.45) is 0. The van der Waals surface area contributed by atoms with E-state index in [4.69, 9.17) is 5.73 Å².